The first kappa shape index (κ1) is 27.4. The van der Waals surface area contributed by atoms with Gasteiger partial charge in [0, 0.05) is 28.6 Å². The second-order valence-corrected chi connectivity index (χ2v) is 8.71. The lowest BCUT2D eigenvalue weighted by atomic mass is 9.66. The zero-order valence-corrected chi connectivity index (χ0v) is 19.4. The number of hydrogen-bond acceptors (Lipinski definition) is 7. The van der Waals surface area contributed by atoms with E-state index in [1.54, 1.807) is 27.7 Å². The number of carbonyl (C=O) groups excluding carboxylic acids is 3. The standard InChI is InChI=1S/C25H34O7/c1-15(2)11-23(30)32-10-8-20-19(12-17(5)27)24(31)18(14-26)13-22(29)25(20,6)9-7-21(28)16(3)4/h8,10-13,20-22,26,28-29H,3,7,9,14H2,1-2,4-6H3/b10-8+,19-12-/t20-,21+,22-,25+/m0/s1. The Kier molecular flexibility index (Phi) is 10.2. The van der Waals surface area contributed by atoms with E-state index in [1.165, 1.54) is 31.2 Å². The maximum atomic E-state index is 13.1. The first-order chi connectivity index (χ1) is 14.8. The lowest BCUT2D eigenvalue weighted by molar-refractivity contribution is -0.132. The molecule has 0 heterocycles. The van der Waals surface area contributed by atoms with Gasteiger partial charge in [-0.15, -0.1) is 0 Å². The van der Waals surface area contributed by atoms with Crippen LogP contribution in [0.5, 0.6) is 0 Å². The van der Waals surface area contributed by atoms with Crippen LogP contribution in [0.25, 0.3) is 0 Å². The molecule has 4 atom stereocenters. The van der Waals surface area contributed by atoms with Gasteiger partial charge in [-0.2, -0.15) is 0 Å². The molecule has 0 bridgehead atoms. The molecular formula is C25H34O7. The molecule has 1 rings (SSSR count). The summed E-state index contributed by atoms with van der Waals surface area (Å²) in [6.07, 6.45) is 4.83. The second-order valence-electron chi connectivity index (χ2n) is 8.71. The van der Waals surface area contributed by atoms with Gasteiger partial charge in [-0.25, -0.2) is 4.79 Å². The van der Waals surface area contributed by atoms with Crippen LogP contribution in [-0.2, 0) is 19.1 Å². The molecule has 32 heavy (non-hydrogen) atoms. The highest BCUT2D eigenvalue weighted by atomic mass is 16.5. The Labute approximate surface area is 189 Å². The predicted octanol–water partition coefficient (Wildman–Crippen LogP) is 2.73. The summed E-state index contributed by atoms with van der Waals surface area (Å²) in [7, 11) is 0. The summed E-state index contributed by atoms with van der Waals surface area (Å²) in [4.78, 5) is 36.9. The summed E-state index contributed by atoms with van der Waals surface area (Å²) in [5, 5.41) is 30.9. The van der Waals surface area contributed by atoms with Gasteiger partial charge >= 0.3 is 5.97 Å². The number of ether oxygens (including phenoxy) is 1. The van der Waals surface area contributed by atoms with Crippen LogP contribution in [0.3, 0.4) is 0 Å². The highest BCUT2D eigenvalue weighted by molar-refractivity contribution is 6.12. The zero-order valence-electron chi connectivity index (χ0n) is 19.4. The van der Waals surface area contributed by atoms with Gasteiger partial charge in [0.25, 0.3) is 0 Å². The largest absolute Gasteiger partial charge is 0.432 e. The highest BCUT2D eigenvalue weighted by Gasteiger charge is 2.45. The van der Waals surface area contributed by atoms with Gasteiger partial charge in [-0.1, -0.05) is 24.6 Å². The van der Waals surface area contributed by atoms with Crippen molar-refractivity contribution in [1.82, 2.24) is 0 Å². The van der Waals surface area contributed by atoms with Crippen LogP contribution < -0.4 is 0 Å². The molecule has 7 heteroatoms. The summed E-state index contributed by atoms with van der Waals surface area (Å²) < 4.78 is 5.10. The maximum Gasteiger partial charge on any atom is 0.335 e. The third-order valence-electron chi connectivity index (χ3n) is 5.55. The number of aliphatic hydroxyl groups is 3. The van der Waals surface area contributed by atoms with Gasteiger partial charge < -0.3 is 20.1 Å². The SMILES string of the molecule is C=C(C)[C@H](O)CC[C@@]1(C)[C@@H](O)C=C(CO)C(=O)/C(=C\C(C)=O)[C@@H]1/C=C/OC(=O)C=C(C)C. The molecule has 0 aromatic heterocycles. The Hall–Kier alpha value is -2.61. The second kappa shape index (κ2) is 11.9. The number of rotatable bonds is 9. The molecule has 0 radical (unpaired) electrons. The van der Waals surface area contributed by atoms with Crippen molar-refractivity contribution < 1.29 is 34.4 Å². The van der Waals surface area contributed by atoms with Crippen LogP contribution in [0.1, 0.15) is 47.5 Å². The highest BCUT2D eigenvalue weighted by Crippen LogP contribution is 2.45. The van der Waals surface area contributed by atoms with Crippen molar-refractivity contribution in [2.45, 2.75) is 59.7 Å². The van der Waals surface area contributed by atoms with Gasteiger partial charge in [0.1, 0.15) is 0 Å². The fourth-order valence-corrected chi connectivity index (χ4v) is 3.60. The smallest absolute Gasteiger partial charge is 0.335 e. The molecule has 0 aromatic rings. The molecule has 0 spiro atoms. The van der Waals surface area contributed by atoms with E-state index >= 15 is 0 Å². The monoisotopic (exact) mass is 446 g/mol. The van der Waals surface area contributed by atoms with Crippen LogP contribution in [0.15, 0.2) is 59.4 Å². The third kappa shape index (κ3) is 7.22. The summed E-state index contributed by atoms with van der Waals surface area (Å²) in [5.74, 6) is -2.40. The number of aliphatic hydroxyl groups excluding tert-OH is 3. The Morgan fingerprint density at radius 3 is 2.41 bits per heavy atom. The zero-order chi connectivity index (χ0) is 24.6. The molecule has 0 aliphatic heterocycles. The minimum absolute atomic E-state index is 0.0332. The quantitative estimate of drug-likeness (QED) is 0.215. The first-order valence-electron chi connectivity index (χ1n) is 10.5. The van der Waals surface area contributed by atoms with E-state index < -0.39 is 41.9 Å². The number of carbonyl (C=O) groups is 3. The van der Waals surface area contributed by atoms with E-state index in [0.717, 1.165) is 11.8 Å². The van der Waals surface area contributed by atoms with Crippen molar-refractivity contribution in [2.75, 3.05) is 6.61 Å². The summed E-state index contributed by atoms with van der Waals surface area (Å²) in [6, 6.07) is 0. The molecule has 7 nitrogen and oxygen atoms in total. The van der Waals surface area contributed by atoms with E-state index in [4.69, 9.17) is 4.74 Å². The fraction of sp³-hybridized carbons (Fsp3) is 0.480. The molecule has 0 unspecified atom stereocenters. The molecule has 0 saturated carbocycles. The minimum Gasteiger partial charge on any atom is -0.432 e. The van der Waals surface area contributed by atoms with E-state index in [-0.39, 0.29) is 29.8 Å². The lowest BCUT2D eigenvalue weighted by Crippen LogP contribution is -2.39. The van der Waals surface area contributed by atoms with E-state index in [9.17, 15) is 29.7 Å². The van der Waals surface area contributed by atoms with Gasteiger partial charge in [-0.05, 0) is 58.8 Å². The maximum absolute atomic E-state index is 13.1. The molecule has 1 aliphatic carbocycles. The number of esters is 1. The van der Waals surface area contributed by atoms with Gasteiger partial charge in [0.2, 0.25) is 0 Å². The topological polar surface area (TPSA) is 121 Å². The first-order valence-corrected chi connectivity index (χ1v) is 10.5. The molecule has 0 amide bonds. The molecule has 0 saturated heterocycles. The third-order valence-corrected chi connectivity index (χ3v) is 5.55. The molecule has 3 N–H and O–H groups in total. The van der Waals surface area contributed by atoms with Crippen molar-refractivity contribution in [3.05, 3.63) is 59.4 Å². The molecule has 1 aliphatic rings. The fourth-order valence-electron chi connectivity index (χ4n) is 3.60. The summed E-state index contributed by atoms with van der Waals surface area (Å²) in [5.41, 5.74) is 0.270. The van der Waals surface area contributed by atoms with Gasteiger partial charge in [0.05, 0.1) is 25.1 Å². The Morgan fingerprint density at radius 1 is 1.28 bits per heavy atom. The minimum atomic E-state index is -1.19. The average molecular weight is 447 g/mol. The van der Waals surface area contributed by atoms with Crippen molar-refractivity contribution in [3.8, 4) is 0 Å². The number of Topliss-reactive ketones (excluding diaryl/α,β-unsaturated/α-hetero) is 1. The number of hydrogen-bond donors (Lipinski definition) is 3. The molecule has 0 aromatic carbocycles. The van der Waals surface area contributed by atoms with E-state index in [1.807, 2.05) is 0 Å². The molecule has 0 fully saturated rings. The Morgan fingerprint density at radius 2 is 1.91 bits per heavy atom. The van der Waals surface area contributed by atoms with Crippen LogP contribution in [0.4, 0.5) is 0 Å². The van der Waals surface area contributed by atoms with E-state index in [0.29, 0.717) is 5.57 Å². The van der Waals surface area contributed by atoms with Crippen LogP contribution in [0, 0.1) is 11.3 Å². The van der Waals surface area contributed by atoms with Crippen molar-refractivity contribution in [3.63, 3.8) is 0 Å². The Bertz CT molecular complexity index is 871. The van der Waals surface area contributed by atoms with Gasteiger partial charge in [-0.3, -0.25) is 9.59 Å². The Balaban J connectivity index is 3.54. The average Bonchev–Trinajstić information content (AvgIpc) is 2.75. The number of ketones is 2. The van der Waals surface area contributed by atoms with Crippen molar-refractivity contribution in [1.29, 1.82) is 0 Å². The number of allylic oxidation sites excluding steroid dienone is 4. The summed E-state index contributed by atoms with van der Waals surface area (Å²) in [6.45, 7) is 11.3. The van der Waals surface area contributed by atoms with Crippen LogP contribution in [-0.4, -0.2) is 51.7 Å². The molecular weight excluding hydrogens is 412 g/mol. The van der Waals surface area contributed by atoms with Crippen molar-refractivity contribution in [2.24, 2.45) is 11.3 Å². The van der Waals surface area contributed by atoms with Crippen molar-refractivity contribution >= 4 is 17.5 Å². The predicted molar refractivity (Wildman–Crippen MR) is 121 cm³/mol. The van der Waals surface area contributed by atoms with Gasteiger partial charge in [0.15, 0.2) is 11.6 Å². The molecule has 176 valence electrons. The van der Waals surface area contributed by atoms with Crippen LogP contribution >= 0.6 is 0 Å². The normalized spacial score (nSPS) is 25.8. The van der Waals surface area contributed by atoms with E-state index in [2.05, 4.69) is 6.58 Å². The summed E-state index contributed by atoms with van der Waals surface area (Å²) >= 11 is 0. The lowest BCUT2D eigenvalue weighted by Gasteiger charge is -2.39. The van der Waals surface area contributed by atoms with Crippen LogP contribution in [0.2, 0.25) is 0 Å².